The SMILES string of the molecule is COCCN1CCN(c2cc(C3CC3)cn3cc(CNc4ccnc(Br)c4)nc23)CC1. The lowest BCUT2D eigenvalue weighted by Gasteiger charge is -2.36. The normalized spacial score (nSPS) is 17.4. The molecule has 31 heavy (non-hydrogen) atoms. The van der Waals surface area contributed by atoms with E-state index >= 15 is 0 Å². The van der Waals surface area contributed by atoms with Gasteiger partial charge in [0.05, 0.1) is 24.5 Å². The number of nitrogens with zero attached hydrogens (tertiary/aromatic N) is 5. The van der Waals surface area contributed by atoms with Crippen molar-refractivity contribution in [2.75, 3.05) is 56.7 Å². The molecular formula is C23H29BrN6O. The van der Waals surface area contributed by atoms with Crippen molar-refractivity contribution in [2.45, 2.75) is 25.3 Å². The van der Waals surface area contributed by atoms with Gasteiger partial charge in [-0.15, -0.1) is 0 Å². The molecule has 0 amide bonds. The summed E-state index contributed by atoms with van der Waals surface area (Å²) in [6.45, 7) is 6.67. The molecule has 1 saturated heterocycles. The zero-order chi connectivity index (χ0) is 21.2. The van der Waals surface area contributed by atoms with E-state index in [1.807, 2.05) is 12.1 Å². The highest BCUT2D eigenvalue weighted by molar-refractivity contribution is 9.10. The van der Waals surface area contributed by atoms with E-state index in [1.54, 1.807) is 13.3 Å². The topological polar surface area (TPSA) is 57.9 Å². The Labute approximate surface area is 191 Å². The van der Waals surface area contributed by atoms with Crippen LogP contribution in [0.3, 0.4) is 0 Å². The van der Waals surface area contributed by atoms with Gasteiger partial charge in [0, 0.05) is 64.1 Å². The summed E-state index contributed by atoms with van der Waals surface area (Å²) in [5.74, 6) is 0.712. The monoisotopic (exact) mass is 484 g/mol. The largest absolute Gasteiger partial charge is 0.383 e. The van der Waals surface area contributed by atoms with Crippen molar-refractivity contribution in [2.24, 2.45) is 0 Å². The fourth-order valence-corrected chi connectivity index (χ4v) is 4.61. The van der Waals surface area contributed by atoms with Crippen molar-refractivity contribution < 1.29 is 4.74 Å². The highest BCUT2D eigenvalue weighted by Crippen LogP contribution is 2.42. The number of hydrogen-bond acceptors (Lipinski definition) is 6. The molecule has 164 valence electrons. The number of halogens is 1. The van der Waals surface area contributed by atoms with Crippen LogP contribution in [0.5, 0.6) is 0 Å². The van der Waals surface area contributed by atoms with Crippen LogP contribution in [-0.2, 0) is 11.3 Å². The van der Waals surface area contributed by atoms with E-state index in [9.17, 15) is 0 Å². The van der Waals surface area contributed by atoms with E-state index in [-0.39, 0.29) is 0 Å². The molecule has 0 atom stereocenters. The molecule has 3 aromatic rings. The maximum Gasteiger partial charge on any atom is 0.160 e. The Bertz CT molecular complexity index is 1040. The molecule has 2 fully saturated rings. The van der Waals surface area contributed by atoms with Gasteiger partial charge in [-0.2, -0.15) is 0 Å². The summed E-state index contributed by atoms with van der Waals surface area (Å²) in [6, 6.07) is 6.34. The molecule has 0 aromatic carbocycles. The average Bonchev–Trinajstić information content (AvgIpc) is 3.55. The lowest BCUT2D eigenvalue weighted by atomic mass is 10.1. The second kappa shape index (κ2) is 9.14. The summed E-state index contributed by atoms with van der Waals surface area (Å²) < 4.78 is 8.31. The Balaban J connectivity index is 1.37. The molecule has 1 aliphatic heterocycles. The molecule has 0 unspecified atom stereocenters. The minimum absolute atomic E-state index is 0.682. The minimum atomic E-state index is 0.682. The second-order valence-corrected chi connectivity index (χ2v) is 9.25. The number of nitrogens with one attached hydrogen (secondary N) is 1. The van der Waals surface area contributed by atoms with Crippen LogP contribution in [0.2, 0.25) is 0 Å². The number of methoxy groups -OCH3 is 1. The molecule has 3 aromatic heterocycles. The van der Waals surface area contributed by atoms with Crippen molar-refractivity contribution in [3.63, 3.8) is 0 Å². The van der Waals surface area contributed by atoms with Crippen LogP contribution in [0.4, 0.5) is 11.4 Å². The number of piperazine rings is 1. The molecule has 2 aliphatic rings. The average molecular weight is 485 g/mol. The number of ether oxygens (including phenoxy) is 1. The van der Waals surface area contributed by atoms with Gasteiger partial charge in [0.15, 0.2) is 5.65 Å². The molecule has 8 heteroatoms. The number of rotatable bonds is 8. The highest BCUT2D eigenvalue weighted by Gasteiger charge is 2.27. The number of hydrogen-bond donors (Lipinski definition) is 1. The molecule has 5 rings (SSSR count). The first-order valence-corrected chi connectivity index (χ1v) is 11.8. The van der Waals surface area contributed by atoms with E-state index < -0.39 is 0 Å². The standard InChI is InChI=1S/C23H29BrN6O/c1-31-11-10-28-6-8-29(9-7-28)21-12-18(17-2-3-17)15-30-16-20(27-23(21)30)14-26-19-4-5-25-22(24)13-19/h4-5,12-13,15-17H,2-3,6-11,14H2,1H3,(H,25,26). The van der Waals surface area contributed by atoms with E-state index in [0.29, 0.717) is 12.5 Å². The molecule has 0 spiro atoms. The van der Waals surface area contributed by atoms with Crippen molar-refractivity contribution in [1.82, 2.24) is 19.3 Å². The van der Waals surface area contributed by atoms with Crippen molar-refractivity contribution in [3.8, 4) is 0 Å². The first-order valence-electron chi connectivity index (χ1n) is 11.0. The van der Waals surface area contributed by atoms with Crippen LogP contribution in [0.1, 0.15) is 30.0 Å². The van der Waals surface area contributed by atoms with Crippen LogP contribution in [-0.4, -0.2) is 65.7 Å². The molecule has 1 aliphatic carbocycles. The molecule has 4 heterocycles. The van der Waals surface area contributed by atoms with Crippen LogP contribution in [0.15, 0.2) is 41.4 Å². The maximum absolute atomic E-state index is 5.25. The van der Waals surface area contributed by atoms with E-state index in [4.69, 9.17) is 9.72 Å². The van der Waals surface area contributed by atoms with E-state index in [0.717, 1.165) is 61.0 Å². The third-order valence-corrected chi connectivity index (χ3v) is 6.61. The predicted octanol–water partition coefficient (Wildman–Crippen LogP) is 3.75. The van der Waals surface area contributed by atoms with Crippen molar-refractivity contribution in [1.29, 1.82) is 0 Å². The highest BCUT2D eigenvalue weighted by atomic mass is 79.9. The Morgan fingerprint density at radius 3 is 2.74 bits per heavy atom. The van der Waals surface area contributed by atoms with Gasteiger partial charge in [-0.3, -0.25) is 4.90 Å². The van der Waals surface area contributed by atoms with Crippen LogP contribution in [0.25, 0.3) is 5.65 Å². The summed E-state index contributed by atoms with van der Waals surface area (Å²) in [6.07, 6.45) is 8.85. The fraction of sp³-hybridized carbons (Fsp3) is 0.478. The van der Waals surface area contributed by atoms with Crippen LogP contribution >= 0.6 is 15.9 Å². The van der Waals surface area contributed by atoms with Gasteiger partial charge in [-0.25, -0.2) is 9.97 Å². The summed E-state index contributed by atoms with van der Waals surface area (Å²) in [5, 5.41) is 3.46. The predicted molar refractivity (Wildman–Crippen MR) is 127 cm³/mol. The van der Waals surface area contributed by atoms with Crippen LogP contribution < -0.4 is 10.2 Å². The van der Waals surface area contributed by atoms with Gasteiger partial charge >= 0.3 is 0 Å². The van der Waals surface area contributed by atoms with Gasteiger partial charge in [0.2, 0.25) is 0 Å². The first-order chi connectivity index (χ1) is 15.2. The first kappa shape index (κ1) is 20.7. The van der Waals surface area contributed by atoms with Gasteiger partial charge in [-0.1, -0.05) is 0 Å². The quantitative estimate of drug-likeness (QED) is 0.491. The number of pyridine rings is 2. The number of fused-ring (bicyclic) bond motifs is 1. The maximum atomic E-state index is 5.25. The zero-order valence-electron chi connectivity index (χ0n) is 17.9. The Kier molecular flexibility index (Phi) is 6.11. The number of aromatic nitrogens is 3. The van der Waals surface area contributed by atoms with Crippen LogP contribution in [0, 0.1) is 0 Å². The number of imidazole rings is 1. The summed E-state index contributed by atoms with van der Waals surface area (Å²) in [7, 11) is 1.77. The van der Waals surface area contributed by atoms with Crippen molar-refractivity contribution in [3.05, 3.63) is 52.7 Å². The van der Waals surface area contributed by atoms with Gasteiger partial charge in [0.25, 0.3) is 0 Å². The Morgan fingerprint density at radius 2 is 2.00 bits per heavy atom. The lowest BCUT2D eigenvalue weighted by Crippen LogP contribution is -2.47. The molecule has 0 bridgehead atoms. The van der Waals surface area contributed by atoms with E-state index in [1.165, 1.54) is 24.1 Å². The fourth-order valence-electron chi connectivity index (χ4n) is 4.25. The van der Waals surface area contributed by atoms with Gasteiger partial charge < -0.3 is 19.4 Å². The second-order valence-electron chi connectivity index (χ2n) is 8.44. The third kappa shape index (κ3) is 4.86. The van der Waals surface area contributed by atoms with Gasteiger partial charge in [0.1, 0.15) is 4.60 Å². The lowest BCUT2D eigenvalue weighted by molar-refractivity contribution is 0.144. The van der Waals surface area contributed by atoms with Crippen molar-refractivity contribution >= 4 is 33.0 Å². The Morgan fingerprint density at radius 1 is 1.16 bits per heavy atom. The molecule has 1 N–H and O–H groups in total. The zero-order valence-corrected chi connectivity index (χ0v) is 19.5. The smallest absolute Gasteiger partial charge is 0.160 e. The minimum Gasteiger partial charge on any atom is -0.383 e. The number of anilines is 2. The summed E-state index contributed by atoms with van der Waals surface area (Å²) in [4.78, 5) is 14.2. The molecule has 0 radical (unpaired) electrons. The Hall–Kier alpha value is -2.16. The molecule has 7 nitrogen and oxygen atoms in total. The van der Waals surface area contributed by atoms with Gasteiger partial charge in [-0.05, 0) is 58.5 Å². The van der Waals surface area contributed by atoms with E-state index in [2.05, 4.69) is 58.9 Å². The molecular weight excluding hydrogens is 456 g/mol. The third-order valence-electron chi connectivity index (χ3n) is 6.18. The summed E-state index contributed by atoms with van der Waals surface area (Å²) in [5.41, 5.74) is 5.85. The summed E-state index contributed by atoms with van der Waals surface area (Å²) >= 11 is 3.43. The molecule has 1 saturated carbocycles.